The number of halogens is 4. The van der Waals surface area contributed by atoms with Gasteiger partial charge in [-0.2, -0.15) is 13.2 Å². The predicted octanol–water partition coefficient (Wildman–Crippen LogP) is 4.05. The fourth-order valence-electron chi connectivity index (χ4n) is 1.18. The van der Waals surface area contributed by atoms with Crippen LogP contribution in [0.25, 0.3) is 0 Å². The lowest BCUT2D eigenvalue weighted by molar-refractivity contribution is -0.137. The van der Waals surface area contributed by atoms with Gasteiger partial charge in [0.1, 0.15) is 5.82 Å². The molecule has 1 N–H and O–H groups in total. The average Bonchev–Trinajstić information content (AvgIpc) is 2.19. The third-order valence-electron chi connectivity index (χ3n) is 2.31. The lowest BCUT2D eigenvalue weighted by atomic mass is 10.1. The normalized spacial score (nSPS) is 13.6. The van der Waals surface area contributed by atoms with E-state index in [4.69, 9.17) is 0 Å². The van der Waals surface area contributed by atoms with E-state index in [9.17, 15) is 17.6 Å². The highest BCUT2D eigenvalue weighted by atomic mass is 19.4. The highest BCUT2D eigenvalue weighted by Gasteiger charge is 2.31. The second-order valence-corrected chi connectivity index (χ2v) is 3.65. The molecule has 1 atom stereocenters. The Balaban J connectivity index is 2.92. The Labute approximate surface area is 91.5 Å². The van der Waals surface area contributed by atoms with Gasteiger partial charge in [-0.15, -0.1) is 0 Å². The molecule has 1 aromatic rings. The van der Waals surface area contributed by atoms with Gasteiger partial charge in [-0.05, 0) is 31.5 Å². The van der Waals surface area contributed by atoms with E-state index in [2.05, 4.69) is 5.32 Å². The summed E-state index contributed by atoms with van der Waals surface area (Å²) in [4.78, 5) is 0. The van der Waals surface area contributed by atoms with Crippen molar-refractivity contribution >= 4 is 5.69 Å². The minimum atomic E-state index is -4.50. The van der Waals surface area contributed by atoms with E-state index in [1.54, 1.807) is 0 Å². The Morgan fingerprint density at radius 2 is 1.94 bits per heavy atom. The van der Waals surface area contributed by atoms with Crippen LogP contribution in [0.5, 0.6) is 0 Å². The molecular weight excluding hydrogens is 222 g/mol. The SMILES string of the molecule is CCC(C)Nc1ccc(C(F)(F)F)cc1F. The smallest absolute Gasteiger partial charge is 0.380 e. The maximum atomic E-state index is 13.3. The third kappa shape index (κ3) is 3.12. The fraction of sp³-hybridized carbons (Fsp3) is 0.455. The first-order chi connectivity index (χ1) is 7.34. The Bertz CT molecular complexity index is 359. The van der Waals surface area contributed by atoms with Crippen LogP contribution in [0.15, 0.2) is 18.2 Å². The van der Waals surface area contributed by atoms with Crippen LogP contribution >= 0.6 is 0 Å². The van der Waals surface area contributed by atoms with Crippen molar-refractivity contribution in [2.24, 2.45) is 0 Å². The van der Waals surface area contributed by atoms with Crippen molar-refractivity contribution in [1.82, 2.24) is 0 Å². The number of hydrogen-bond acceptors (Lipinski definition) is 1. The summed E-state index contributed by atoms with van der Waals surface area (Å²) in [6, 6.07) is 2.51. The second kappa shape index (κ2) is 4.72. The van der Waals surface area contributed by atoms with E-state index in [0.29, 0.717) is 6.07 Å². The molecule has 0 heterocycles. The molecule has 0 saturated carbocycles. The monoisotopic (exact) mass is 235 g/mol. The van der Waals surface area contributed by atoms with Crippen LogP contribution in [0.2, 0.25) is 0 Å². The first-order valence-electron chi connectivity index (χ1n) is 4.98. The van der Waals surface area contributed by atoms with Crippen LogP contribution in [0.3, 0.4) is 0 Å². The zero-order valence-corrected chi connectivity index (χ0v) is 9.03. The van der Waals surface area contributed by atoms with Gasteiger partial charge in [0, 0.05) is 6.04 Å². The Kier molecular flexibility index (Phi) is 3.78. The number of alkyl halides is 3. The number of rotatable bonds is 3. The van der Waals surface area contributed by atoms with Gasteiger partial charge in [-0.25, -0.2) is 4.39 Å². The zero-order chi connectivity index (χ0) is 12.3. The molecule has 16 heavy (non-hydrogen) atoms. The Hall–Kier alpha value is -1.26. The highest BCUT2D eigenvalue weighted by molar-refractivity contribution is 5.47. The van der Waals surface area contributed by atoms with E-state index in [-0.39, 0.29) is 11.7 Å². The molecule has 0 aliphatic heterocycles. The van der Waals surface area contributed by atoms with Crippen molar-refractivity contribution in [3.05, 3.63) is 29.6 Å². The molecule has 0 spiro atoms. The summed E-state index contributed by atoms with van der Waals surface area (Å²) in [6.45, 7) is 3.73. The van der Waals surface area contributed by atoms with Gasteiger partial charge in [0.2, 0.25) is 0 Å². The summed E-state index contributed by atoms with van der Waals surface area (Å²) >= 11 is 0. The average molecular weight is 235 g/mol. The van der Waals surface area contributed by atoms with Crippen LogP contribution in [-0.2, 0) is 6.18 Å². The van der Waals surface area contributed by atoms with E-state index in [1.807, 2.05) is 13.8 Å². The van der Waals surface area contributed by atoms with E-state index >= 15 is 0 Å². The predicted molar refractivity (Wildman–Crippen MR) is 54.8 cm³/mol. The van der Waals surface area contributed by atoms with Crippen molar-refractivity contribution in [3.8, 4) is 0 Å². The van der Waals surface area contributed by atoms with Crippen molar-refractivity contribution in [2.45, 2.75) is 32.5 Å². The van der Waals surface area contributed by atoms with E-state index < -0.39 is 17.6 Å². The fourth-order valence-corrected chi connectivity index (χ4v) is 1.18. The van der Waals surface area contributed by atoms with Crippen LogP contribution < -0.4 is 5.32 Å². The molecule has 0 fully saturated rings. The maximum absolute atomic E-state index is 13.3. The lowest BCUT2D eigenvalue weighted by Crippen LogP contribution is -2.15. The van der Waals surface area contributed by atoms with Crippen molar-refractivity contribution in [2.75, 3.05) is 5.32 Å². The molecule has 0 aromatic heterocycles. The van der Waals surface area contributed by atoms with Crippen molar-refractivity contribution < 1.29 is 17.6 Å². The molecule has 1 nitrogen and oxygen atoms in total. The number of nitrogens with one attached hydrogen (secondary N) is 1. The number of hydrogen-bond donors (Lipinski definition) is 1. The molecule has 5 heteroatoms. The summed E-state index contributed by atoms with van der Waals surface area (Å²) < 4.78 is 50.0. The lowest BCUT2D eigenvalue weighted by Gasteiger charge is -2.15. The quantitative estimate of drug-likeness (QED) is 0.779. The van der Waals surface area contributed by atoms with Gasteiger partial charge in [0.25, 0.3) is 0 Å². The summed E-state index contributed by atoms with van der Waals surface area (Å²) in [5, 5.41) is 2.80. The number of benzene rings is 1. The van der Waals surface area contributed by atoms with Crippen LogP contribution in [0.1, 0.15) is 25.8 Å². The molecule has 0 aliphatic rings. The molecular formula is C11H13F4N. The van der Waals surface area contributed by atoms with Gasteiger partial charge in [0.15, 0.2) is 0 Å². The molecule has 1 unspecified atom stereocenters. The standard InChI is InChI=1S/C11H13F4N/c1-3-7(2)16-10-5-4-8(6-9(10)12)11(13,14)15/h4-7,16H,3H2,1-2H3. The van der Waals surface area contributed by atoms with Crippen LogP contribution in [-0.4, -0.2) is 6.04 Å². The molecule has 0 saturated heterocycles. The molecule has 0 aliphatic carbocycles. The maximum Gasteiger partial charge on any atom is 0.416 e. The first kappa shape index (κ1) is 12.8. The first-order valence-corrected chi connectivity index (χ1v) is 4.98. The van der Waals surface area contributed by atoms with E-state index in [1.165, 1.54) is 0 Å². The summed E-state index contributed by atoms with van der Waals surface area (Å²) in [5.41, 5.74) is -0.873. The highest BCUT2D eigenvalue weighted by Crippen LogP contribution is 2.31. The van der Waals surface area contributed by atoms with Gasteiger partial charge in [-0.1, -0.05) is 6.92 Å². The van der Waals surface area contributed by atoms with Gasteiger partial charge < -0.3 is 5.32 Å². The minimum absolute atomic E-state index is 0.0197. The van der Waals surface area contributed by atoms with Gasteiger partial charge >= 0.3 is 6.18 Å². The van der Waals surface area contributed by atoms with Crippen LogP contribution in [0.4, 0.5) is 23.2 Å². The van der Waals surface area contributed by atoms with E-state index in [0.717, 1.165) is 18.6 Å². The molecule has 0 amide bonds. The van der Waals surface area contributed by atoms with Gasteiger partial charge in [-0.3, -0.25) is 0 Å². The summed E-state index contributed by atoms with van der Waals surface area (Å²) in [5.74, 6) is -0.880. The molecule has 0 bridgehead atoms. The summed E-state index contributed by atoms with van der Waals surface area (Å²) in [6.07, 6.45) is -3.74. The van der Waals surface area contributed by atoms with Crippen molar-refractivity contribution in [3.63, 3.8) is 0 Å². The Morgan fingerprint density at radius 1 is 1.31 bits per heavy atom. The minimum Gasteiger partial charge on any atom is -0.380 e. The zero-order valence-electron chi connectivity index (χ0n) is 9.03. The Morgan fingerprint density at radius 3 is 2.38 bits per heavy atom. The third-order valence-corrected chi connectivity index (χ3v) is 2.31. The number of anilines is 1. The van der Waals surface area contributed by atoms with Crippen LogP contribution in [0, 0.1) is 5.82 Å². The molecule has 90 valence electrons. The molecule has 1 rings (SSSR count). The topological polar surface area (TPSA) is 12.0 Å². The summed E-state index contributed by atoms with van der Waals surface area (Å²) in [7, 11) is 0. The second-order valence-electron chi connectivity index (χ2n) is 3.65. The largest absolute Gasteiger partial charge is 0.416 e. The molecule has 1 aromatic carbocycles. The van der Waals surface area contributed by atoms with Crippen molar-refractivity contribution in [1.29, 1.82) is 0 Å². The van der Waals surface area contributed by atoms with Gasteiger partial charge in [0.05, 0.1) is 11.3 Å². The molecule has 0 radical (unpaired) electrons.